The quantitative estimate of drug-likeness (QED) is 0.802. The van der Waals surface area contributed by atoms with Crippen LogP contribution in [0, 0.1) is 12.8 Å². The molecule has 1 rings (SSSR count). The Bertz CT molecular complexity index is 301. The molecule has 0 fully saturated rings. The molecule has 2 N–H and O–H groups in total. The molecule has 0 unspecified atom stereocenters. The maximum atomic E-state index is 6.07. The fourth-order valence-electron chi connectivity index (χ4n) is 1.55. The molecule has 4 nitrogen and oxygen atoms in total. The largest absolute Gasteiger partial charge is 0.321 e. The van der Waals surface area contributed by atoms with E-state index in [0.29, 0.717) is 12.0 Å². The average Bonchev–Trinajstić information content (AvgIpc) is 2.45. The van der Waals surface area contributed by atoms with Crippen LogP contribution in [0.4, 0.5) is 0 Å². The van der Waals surface area contributed by atoms with E-state index in [1.807, 2.05) is 6.92 Å². The molecule has 0 amide bonds. The van der Waals surface area contributed by atoms with Crippen molar-refractivity contribution in [3.8, 4) is 0 Å². The van der Waals surface area contributed by atoms with Crippen LogP contribution in [-0.2, 0) is 0 Å². The van der Waals surface area contributed by atoms with Crippen molar-refractivity contribution in [3.63, 3.8) is 0 Å². The molecule has 0 radical (unpaired) electrons. The molecule has 0 spiro atoms. The Morgan fingerprint density at radius 3 is 2.14 bits per heavy atom. The van der Waals surface area contributed by atoms with Crippen LogP contribution in [0.15, 0.2) is 0 Å². The molecule has 0 aromatic carbocycles. The van der Waals surface area contributed by atoms with Crippen LogP contribution in [-0.4, -0.2) is 14.8 Å². The van der Waals surface area contributed by atoms with Crippen LogP contribution >= 0.6 is 0 Å². The number of aryl methyl sites for hydroxylation is 1. The van der Waals surface area contributed by atoms with Crippen LogP contribution < -0.4 is 5.73 Å². The number of hydrogen-bond donors (Lipinski definition) is 1. The van der Waals surface area contributed by atoms with E-state index < -0.39 is 0 Å². The van der Waals surface area contributed by atoms with Crippen molar-refractivity contribution in [1.82, 2.24) is 14.8 Å². The first-order valence-corrected chi connectivity index (χ1v) is 5.12. The van der Waals surface area contributed by atoms with E-state index in [9.17, 15) is 0 Å². The van der Waals surface area contributed by atoms with E-state index in [0.717, 1.165) is 11.6 Å². The number of rotatable bonds is 3. The van der Waals surface area contributed by atoms with E-state index in [-0.39, 0.29) is 6.04 Å². The van der Waals surface area contributed by atoms with E-state index >= 15 is 0 Å². The van der Waals surface area contributed by atoms with Gasteiger partial charge in [0.25, 0.3) is 0 Å². The highest BCUT2D eigenvalue weighted by molar-refractivity contribution is 5.01. The second-order valence-corrected chi connectivity index (χ2v) is 4.34. The zero-order chi connectivity index (χ0) is 10.9. The van der Waals surface area contributed by atoms with E-state index in [1.165, 1.54) is 0 Å². The maximum Gasteiger partial charge on any atom is 0.150 e. The summed E-state index contributed by atoms with van der Waals surface area (Å²) in [6.45, 7) is 10.4. The lowest BCUT2D eigenvalue weighted by atomic mass is 10.0. The van der Waals surface area contributed by atoms with Gasteiger partial charge in [0.2, 0.25) is 0 Å². The van der Waals surface area contributed by atoms with Gasteiger partial charge in [0.1, 0.15) is 11.6 Å². The van der Waals surface area contributed by atoms with Gasteiger partial charge in [-0.15, -0.1) is 10.2 Å². The number of hydrogen-bond acceptors (Lipinski definition) is 3. The van der Waals surface area contributed by atoms with Gasteiger partial charge >= 0.3 is 0 Å². The molecule has 1 heterocycles. The minimum absolute atomic E-state index is 0.0291. The molecule has 0 saturated carbocycles. The second-order valence-electron chi connectivity index (χ2n) is 4.34. The fraction of sp³-hybridized carbons (Fsp3) is 0.800. The minimum Gasteiger partial charge on any atom is -0.321 e. The summed E-state index contributed by atoms with van der Waals surface area (Å²) in [4.78, 5) is 0. The molecular formula is C10H20N4. The highest BCUT2D eigenvalue weighted by atomic mass is 15.3. The summed E-state index contributed by atoms with van der Waals surface area (Å²) in [6, 6.07) is 0.336. The van der Waals surface area contributed by atoms with Crippen molar-refractivity contribution in [2.75, 3.05) is 0 Å². The van der Waals surface area contributed by atoms with Crippen molar-refractivity contribution in [3.05, 3.63) is 11.6 Å². The van der Waals surface area contributed by atoms with Crippen molar-refractivity contribution in [2.24, 2.45) is 11.7 Å². The molecule has 14 heavy (non-hydrogen) atoms. The van der Waals surface area contributed by atoms with E-state index in [4.69, 9.17) is 5.73 Å². The summed E-state index contributed by atoms with van der Waals surface area (Å²) in [6.07, 6.45) is 0. The Labute approximate surface area is 85.5 Å². The predicted molar refractivity (Wildman–Crippen MR) is 56.9 cm³/mol. The highest BCUT2D eigenvalue weighted by Crippen LogP contribution is 2.20. The molecule has 0 aliphatic heterocycles. The lowest BCUT2D eigenvalue weighted by Crippen LogP contribution is -2.22. The monoisotopic (exact) mass is 196 g/mol. The SMILES string of the molecule is Cc1nnc([C@H](N)C(C)C)n1C(C)C. The molecule has 0 bridgehead atoms. The Morgan fingerprint density at radius 2 is 1.71 bits per heavy atom. The van der Waals surface area contributed by atoms with Crippen molar-refractivity contribution < 1.29 is 0 Å². The summed E-state index contributed by atoms with van der Waals surface area (Å²) < 4.78 is 2.10. The number of aromatic nitrogens is 3. The third kappa shape index (κ3) is 1.95. The van der Waals surface area contributed by atoms with Crippen LogP contribution in [0.5, 0.6) is 0 Å². The topological polar surface area (TPSA) is 56.7 Å². The average molecular weight is 196 g/mol. The Hall–Kier alpha value is -0.900. The predicted octanol–water partition coefficient (Wildman–Crippen LogP) is 1.82. The van der Waals surface area contributed by atoms with Gasteiger partial charge in [-0.25, -0.2) is 0 Å². The molecule has 80 valence electrons. The first-order chi connectivity index (χ1) is 6.45. The molecule has 1 atom stereocenters. The second kappa shape index (κ2) is 4.09. The molecule has 1 aromatic heterocycles. The van der Waals surface area contributed by atoms with Gasteiger partial charge in [0.05, 0.1) is 6.04 Å². The molecule has 1 aromatic rings. The summed E-state index contributed by atoms with van der Waals surface area (Å²) >= 11 is 0. The summed E-state index contributed by atoms with van der Waals surface area (Å²) in [5.41, 5.74) is 6.07. The van der Waals surface area contributed by atoms with Crippen molar-refractivity contribution in [1.29, 1.82) is 0 Å². The normalized spacial score (nSPS) is 14.0. The van der Waals surface area contributed by atoms with Gasteiger partial charge in [-0.3, -0.25) is 0 Å². The van der Waals surface area contributed by atoms with Gasteiger partial charge in [0, 0.05) is 6.04 Å². The van der Waals surface area contributed by atoms with Gasteiger partial charge in [-0.1, -0.05) is 13.8 Å². The van der Waals surface area contributed by atoms with Gasteiger partial charge < -0.3 is 10.3 Å². The van der Waals surface area contributed by atoms with Crippen LogP contribution in [0.3, 0.4) is 0 Å². The Balaban J connectivity index is 3.09. The van der Waals surface area contributed by atoms with Crippen LogP contribution in [0.25, 0.3) is 0 Å². The van der Waals surface area contributed by atoms with E-state index in [2.05, 4.69) is 42.5 Å². The summed E-state index contributed by atoms with van der Waals surface area (Å²) in [5.74, 6) is 2.22. The minimum atomic E-state index is -0.0291. The summed E-state index contributed by atoms with van der Waals surface area (Å²) in [5, 5.41) is 8.22. The lowest BCUT2D eigenvalue weighted by Gasteiger charge is -2.19. The Morgan fingerprint density at radius 1 is 1.14 bits per heavy atom. The van der Waals surface area contributed by atoms with Crippen LogP contribution in [0.2, 0.25) is 0 Å². The number of nitrogens with zero attached hydrogens (tertiary/aromatic N) is 3. The van der Waals surface area contributed by atoms with Gasteiger partial charge in [0.15, 0.2) is 0 Å². The van der Waals surface area contributed by atoms with Crippen molar-refractivity contribution in [2.45, 2.75) is 46.7 Å². The van der Waals surface area contributed by atoms with Gasteiger partial charge in [-0.05, 0) is 26.7 Å². The first-order valence-electron chi connectivity index (χ1n) is 5.12. The zero-order valence-corrected chi connectivity index (χ0v) is 9.65. The molecule has 0 saturated heterocycles. The number of nitrogens with two attached hydrogens (primary N) is 1. The fourth-order valence-corrected chi connectivity index (χ4v) is 1.55. The van der Waals surface area contributed by atoms with E-state index in [1.54, 1.807) is 0 Å². The highest BCUT2D eigenvalue weighted by Gasteiger charge is 2.20. The van der Waals surface area contributed by atoms with Gasteiger partial charge in [-0.2, -0.15) is 0 Å². The molecule has 0 aliphatic carbocycles. The third-order valence-corrected chi connectivity index (χ3v) is 2.43. The maximum absolute atomic E-state index is 6.07. The molecule has 0 aliphatic rings. The third-order valence-electron chi connectivity index (χ3n) is 2.43. The molecular weight excluding hydrogens is 176 g/mol. The summed E-state index contributed by atoms with van der Waals surface area (Å²) in [7, 11) is 0. The zero-order valence-electron chi connectivity index (χ0n) is 9.65. The Kier molecular flexibility index (Phi) is 3.26. The smallest absolute Gasteiger partial charge is 0.150 e. The standard InChI is InChI=1S/C10H20N4/c1-6(2)9(11)10-13-12-8(5)14(10)7(3)4/h6-7,9H,11H2,1-5H3/t9-/m1/s1. The first kappa shape index (κ1) is 11.2. The molecule has 4 heteroatoms. The van der Waals surface area contributed by atoms with Crippen LogP contribution in [0.1, 0.15) is 51.4 Å². The lowest BCUT2D eigenvalue weighted by molar-refractivity contribution is 0.445. The van der Waals surface area contributed by atoms with Crippen molar-refractivity contribution >= 4 is 0 Å².